The monoisotopic (exact) mass is 409 g/mol. The maximum absolute atomic E-state index is 12.1. The molecule has 4 heterocycles. The molecule has 0 bridgehead atoms. The zero-order valence-electron chi connectivity index (χ0n) is 15.2. The third-order valence-electron chi connectivity index (χ3n) is 4.97. The van der Waals surface area contributed by atoms with Gasteiger partial charge in [0.05, 0.1) is 24.0 Å². The molecule has 2 aliphatic heterocycles. The van der Waals surface area contributed by atoms with Crippen molar-refractivity contribution in [2.24, 2.45) is 0 Å². The number of carbonyl (C=O) groups excluding carboxylic acids is 1. The van der Waals surface area contributed by atoms with Gasteiger partial charge in [0.1, 0.15) is 6.04 Å². The van der Waals surface area contributed by atoms with Crippen LogP contribution in [-0.4, -0.2) is 62.4 Å². The molecule has 2 atom stereocenters. The van der Waals surface area contributed by atoms with Crippen molar-refractivity contribution in [3.63, 3.8) is 0 Å². The van der Waals surface area contributed by atoms with E-state index in [2.05, 4.69) is 33.2 Å². The number of likely N-dealkylation sites (tertiary alicyclic amines) is 1. The van der Waals surface area contributed by atoms with Crippen molar-refractivity contribution in [2.75, 3.05) is 35.7 Å². The summed E-state index contributed by atoms with van der Waals surface area (Å²) in [7, 11) is 0. The molecule has 1 N–H and O–H groups in total. The lowest BCUT2D eigenvalue weighted by atomic mass is 10.1. The van der Waals surface area contributed by atoms with Gasteiger partial charge < -0.3 is 5.32 Å². The van der Waals surface area contributed by atoms with E-state index in [-0.39, 0.29) is 23.4 Å². The van der Waals surface area contributed by atoms with Gasteiger partial charge in [0.25, 0.3) is 0 Å². The number of nitriles is 1. The van der Waals surface area contributed by atoms with Crippen molar-refractivity contribution in [3.8, 4) is 6.07 Å². The summed E-state index contributed by atoms with van der Waals surface area (Å²) in [4.78, 5) is 22.0. The van der Waals surface area contributed by atoms with Gasteiger partial charge in [-0.05, 0) is 19.3 Å². The van der Waals surface area contributed by atoms with Crippen LogP contribution in [0.2, 0.25) is 0 Å². The summed E-state index contributed by atoms with van der Waals surface area (Å²) < 4.78 is 5.71. The van der Waals surface area contributed by atoms with Crippen LogP contribution in [0, 0.1) is 11.3 Å². The quantitative estimate of drug-likeness (QED) is 0.779. The molecule has 2 unspecified atom stereocenters. The highest BCUT2D eigenvalue weighted by molar-refractivity contribution is 8.00. The minimum Gasteiger partial charge on any atom is -0.301 e. The molecule has 2 saturated heterocycles. The Hall–Kier alpha value is -1.90. The molecule has 2 aromatic heterocycles. The second-order valence-electron chi connectivity index (χ2n) is 6.75. The fourth-order valence-corrected chi connectivity index (χ4v) is 5.33. The topological polar surface area (TPSA) is 95.3 Å². The molecule has 11 heteroatoms. The number of hydrogen-bond acceptors (Lipinski definition) is 8. The maximum atomic E-state index is 12.1. The second-order valence-corrected chi connectivity index (χ2v) is 8.86. The van der Waals surface area contributed by atoms with Gasteiger partial charge in [-0.2, -0.15) is 5.26 Å². The number of rotatable bonds is 6. The number of nitrogens with one attached hydrogen (secondary N) is 1. The first-order valence-electron chi connectivity index (χ1n) is 9.18. The van der Waals surface area contributed by atoms with E-state index in [0.29, 0.717) is 11.7 Å². The smallest absolute Gasteiger partial charge is 0.240 e. The molecule has 2 aliphatic rings. The third kappa shape index (κ3) is 4.02. The molecule has 0 radical (unpaired) electrons. The highest BCUT2D eigenvalue weighted by Gasteiger charge is 2.40. The fourth-order valence-electron chi connectivity index (χ4n) is 3.54. The molecule has 1 amide bonds. The van der Waals surface area contributed by atoms with Gasteiger partial charge in [-0.25, -0.2) is 14.6 Å². The summed E-state index contributed by atoms with van der Waals surface area (Å²) >= 11 is 3.23. The highest BCUT2D eigenvalue weighted by atomic mass is 32.2. The Labute approximate surface area is 165 Å². The predicted octanol–water partition coefficient (Wildman–Crippen LogP) is 1.93. The molecule has 0 spiro atoms. The zero-order chi connectivity index (χ0) is 18.8. The molecule has 0 saturated carbocycles. The van der Waals surface area contributed by atoms with E-state index in [4.69, 9.17) is 4.63 Å². The number of nitrogens with zero attached hydrogens (tertiary/aromatic N) is 6. The van der Waals surface area contributed by atoms with E-state index in [1.807, 2.05) is 10.2 Å². The van der Waals surface area contributed by atoms with Crippen LogP contribution in [-0.2, 0) is 4.79 Å². The summed E-state index contributed by atoms with van der Waals surface area (Å²) in [5, 5.41) is 17.0. The molecule has 9 nitrogen and oxygen atoms in total. The molecular formula is C16H23N7O2S2. The number of thiazole rings is 1. The predicted molar refractivity (Wildman–Crippen MR) is 104 cm³/mol. The van der Waals surface area contributed by atoms with Crippen molar-refractivity contribution in [1.82, 2.24) is 19.7 Å². The van der Waals surface area contributed by atoms with Crippen LogP contribution < -0.4 is 10.3 Å². The Bertz CT molecular complexity index is 782. The van der Waals surface area contributed by atoms with E-state index in [9.17, 15) is 10.1 Å². The normalized spacial score (nSPS) is 24.4. The van der Waals surface area contributed by atoms with Gasteiger partial charge in [0.15, 0.2) is 5.13 Å². The lowest BCUT2D eigenvalue weighted by molar-refractivity contribution is -0.117. The standard InChI is InChI=1S/C16H23N7O2S2/c1-2-15-21(13(9-17)11-27-15)23-22(25-23)12-3-6-20(7-4-12)10-14(24)19-16-18-5-8-26-16/h5,8,12-13,15H,2-4,6-7,10-11H2,1H3,(H,18,19,24). The molecule has 2 fully saturated rings. The van der Waals surface area contributed by atoms with Gasteiger partial charge in [-0.3, -0.25) is 9.69 Å². The summed E-state index contributed by atoms with van der Waals surface area (Å²) in [6.07, 6.45) is 4.51. The molecular weight excluding hydrogens is 386 g/mol. The molecule has 0 aliphatic carbocycles. The number of anilines is 1. The van der Waals surface area contributed by atoms with Crippen LogP contribution in [0.15, 0.2) is 16.2 Å². The second kappa shape index (κ2) is 8.00. The highest BCUT2D eigenvalue weighted by Crippen LogP contribution is 2.33. The summed E-state index contributed by atoms with van der Waals surface area (Å²) in [6, 6.07) is 2.51. The molecule has 27 heavy (non-hydrogen) atoms. The van der Waals surface area contributed by atoms with Gasteiger partial charge >= 0.3 is 0 Å². The zero-order valence-corrected chi connectivity index (χ0v) is 16.8. The Morgan fingerprint density at radius 3 is 2.96 bits per heavy atom. The molecule has 2 aromatic rings. The van der Waals surface area contributed by atoms with Gasteiger partial charge in [-0.1, -0.05) is 11.8 Å². The van der Waals surface area contributed by atoms with Crippen LogP contribution in [0.3, 0.4) is 0 Å². The van der Waals surface area contributed by atoms with Crippen molar-refractivity contribution >= 4 is 34.1 Å². The Kier molecular flexibility index (Phi) is 5.47. The van der Waals surface area contributed by atoms with Gasteiger partial charge in [-0.15, -0.1) is 23.1 Å². The lowest BCUT2D eigenvalue weighted by Gasteiger charge is -2.29. The maximum Gasteiger partial charge on any atom is 0.240 e. The number of amides is 1. The van der Waals surface area contributed by atoms with Crippen LogP contribution >= 0.6 is 23.1 Å². The van der Waals surface area contributed by atoms with Crippen LogP contribution in [0.1, 0.15) is 32.2 Å². The van der Waals surface area contributed by atoms with E-state index in [1.54, 1.807) is 22.9 Å². The first kappa shape index (κ1) is 18.5. The third-order valence-corrected chi connectivity index (χ3v) is 7.10. The number of piperidine rings is 1. The number of carbonyl (C=O) groups is 1. The minimum absolute atomic E-state index is 0.0234. The summed E-state index contributed by atoms with van der Waals surface area (Å²) in [6.45, 7) is 4.20. The largest absolute Gasteiger partial charge is 0.301 e. The van der Waals surface area contributed by atoms with Gasteiger partial charge in [0.2, 0.25) is 5.91 Å². The number of thioether (sulfide) groups is 1. The van der Waals surface area contributed by atoms with E-state index in [0.717, 1.165) is 38.1 Å². The first-order chi connectivity index (χ1) is 13.2. The van der Waals surface area contributed by atoms with Crippen LogP contribution in [0.25, 0.3) is 0 Å². The number of aromatic nitrogens is 3. The van der Waals surface area contributed by atoms with E-state index < -0.39 is 0 Å². The van der Waals surface area contributed by atoms with Crippen molar-refractivity contribution in [1.29, 1.82) is 5.26 Å². The van der Waals surface area contributed by atoms with Crippen LogP contribution in [0.4, 0.5) is 5.13 Å². The van der Waals surface area contributed by atoms with Crippen molar-refractivity contribution in [3.05, 3.63) is 11.6 Å². The first-order valence-corrected chi connectivity index (χ1v) is 11.1. The lowest BCUT2D eigenvalue weighted by Crippen LogP contribution is -2.43. The van der Waals surface area contributed by atoms with Crippen molar-refractivity contribution < 1.29 is 9.42 Å². The Morgan fingerprint density at radius 1 is 1.48 bits per heavy atom. The summed E-state index contributed by atoms with van der Waals surface area (Å²) in [5.41, 5.74) is 0. The van der Waals surface area contributed by atoms with E-state index in [1.165, 1.54) is 11.3 Å². The van der Waals surface area contributed by atoms with Gasteiger partial charge in [0, 0.05) is 35.4 Å². The fraction of sp³-hybridized carbons (Fsp3) is 0.688. The molecule has 4 rings (SSSR count). The average Bonchev–Trinajstić information content (AvgIpc) is 3.09. The SMILES string of the molecule is CCC1SCC(C#N)N1n1on1C1CCN(CC(=O)Nc2nccs2)CC1. The minimum atomic E-state index is -0.139. The Balaban J connectivity index is 1.27. The van der Waals surface area contributed by atoms with Crippen molar-refractivity contribution in [2.45, 2.75) is 43.6 Å². The van der Waals surface area contributed by atoms with Crippen LogP contribution in [0.5, 0.6) is 0 Å². The molecule has 0 aromatic carbocycles. The number of hydrogen-bond donors (Lipinski definition) is 1. The van der Waals surface area contributed by atoms with E-state index >= 15 is 0 Å². The average molecular weight is 410 g/mol. The summed E-state index contributed by atoms with van der Waals surface area (Å²) in [5.74, 6) is 0.791. The Morgan fingerprint density at radius 2 is 2.30 bits per heavy atom. The molecule has 146 valence electrons.